The van der Waals surface area contributed by atoms with Gasteiger partial charge in [-0.05, 0) is 18.2 Å². The summed E-state index contributed by atoms with van der Waals surface area (Å²) in [5.74, 6) is 0. The Labute approximate surface area is 157 Å². The van der Waals surface area contributed by atoms with Gasteiger partial charge in [-0.15, -0.1) is 0 Å². The smallest absolute Gasteiger partial charge is 0.177 e. The van der Waals surface area contributed by atoms with Crippen LogP contribution in [-0.4, -0.2) is 14.7 Å². The minimum Gasteiger partial charge on any atom is -0.224 e. The van der Waals surface area contributed by atoms with Crippen LogP contribution in [0.3, 0.4) is 0 Å². The summed E-state index contributed by atoms with van der Waals surface area (Å²) in [6.45, 7) is 0. The Bertz CT molecular complexity index is 877. The van der Waals surface area contributed by atoms with Crippen molar-refractivity contribution in [2.24, 2.45) is 0 Å². The molecule has 0 aliphatic carbocycles. The van der Waals surface area contributed by atoms with Crippen LogP contribution in [0.15, 0.2) is 23.1 Å². The first-order valence-corrected chi connectivity index (χ1v) is 9.73. The number of halogens is 6. The Morgan fingerprint density at radius 1 is 0.818 bits per heavy atom. The van der Waals surface area contributed by atoms with Crippen LogP contribution >= 0.6 is 69.6 Å². The molecule has 0 saturated heterocycles. The van der Waals surface area contributed by atoms with Crippen molar-refractivity contribution in [3.05, 3.63) is 48.3 Å². The van der Waals surface area contributed by atoms with Crippen molar-refractivity contribution >= 4 is 79.4 Å². The topological polar surface area (TPSA) is 34.1 Å². The predicted molar refractivity (Wildman–Crippen MR) is 95.0 cm³/mol. The van der Waals surface area contributed by atoms with Crippen LogP contribution in [0.4, 0.5) is 0 Å². The zero-order chi connectivity index (χ0) is 16.8. The molecule has 118 valence electrons. The van der Waals surface area contributed by atoms with Crippen molar-refractivity contribution in [2.45, 2.75) is 4.90 Å². The second kappa shape index (κ2) is 6.56. The Hall–Kier alpha value is 0.130. The average Bonchev–Trinajstić information content (AvgIpc) is 2.42. The molecule has 0 spiro atoms. The Balaban J connectivity index is 3.07. The van der Waals surface area contributed by atoms with E-state index in [-0.39, 0.29) is 35.6 Å². The van der Waals surface area contributed by atoms with Gasteiger partial charge in [0.25, 0.3) is 0 Å². The molecule has 0 bridgehead atoms. The van der Waals surface area contributed by atoms with Crippen molar-refractivity contribution < 1.29 is 8.42 Å². The van der Waals surface area contributed by atoms with Crippen LogP contribution in [0.2, 0.25) is 30.1 Å². The zero-order valence-electron chi connectivity index (χ0n) is 10.7. The highest BCUT2D eigenvalue weighted by Gasteiger charge is 2.28. The van der Waals surface area contributed by atoms with Crippen molar-refractivity contribution in [3.8, 4) is 11.1 Å². The van der Waals surface area contributed by atoms with Crippen LogP contribution in [0.1, 0.15) is 0 Å². The molecule has 0 aliphatic heterocycles. The molecule has 2 rings (SSSR count). The molecule has 9 heteroatoms. The van der Waals surface area contributed by atoms with E-state index in [2.05, 4.69) is 0 Å². The van der Waals surface area contributed by atoms with E-state index < -0.39 is 9.84 Å². The lowest BCUT2D eigenvalue weighted by Gasteiger charge is -2.16. The highest BCUT2D eigenvalue weighted by molar-refractivity contribution is 7.91. The van der Waals surface area contributed by atoms with Crippen molar-refractivity contribution in [1.82, 2.24) is 0 Å². The molecular weight excluding hydrogens is 433 g/mol. The van der Waals surface area contributed by atoms with E-state index in [1.165, 1.54) is 12.1 Å². The minimum atomic E-state index is -3.76. The normalized spacial score (nSPS) is 11.8. The van der Waals surface area contributed by atoms with Crippen LogP contribution in [0.25, 0.3) is 11.1 Å². The lowest BCUT2D eigenvalue weighted by atomic mass is 10.1. The number of hydrogen-bond donors (Lipinski definition) is 0. The van der Waals surface area contributed by atoms with Crippen molar-refractivity contribution in [1.29, 1.82) is 0 Å². The first-order valence-electron chi connectivity index (χ1n) is 5.57. The highest BCUT2D eigenvalue weighted by atomic mass is 35.5. The second-order valence-corrected chi connectivity index (χ2v) is 8.66. The summed E-state index contributed by atoms with van der Waals surface area (Å²) in [6, 6.07) is 4.54. The van der Waals surface area contributed by atoms with Crippen LogP contribution in [0.5, 0.6) is 0 Å². The van der Waals surface area contributed by atoms with Gasteiger partial charge in [-0.25, -0.2) is 8.42 Å². The van der Waals surface area contributed by atoms with E-state index >= 15 is 0 Å². The molecule has 0 atom stereocenters. The fourth-order valence-corrected chi connectivity index (χ4v) is 4.77. The van der Waals surface area contributed by atoms with E-state index in [0.717, 1.165) is 6.26 Å². The van der Waals surface area contributed by atoms with Crippen LogP contribution in [-0.2, 0) is 9.84 Å². The fourth-order valence-electron chi connectivity index (χ4n) is 1.89. The van der Waals surface area contributed by atoms with Gasteiger partial charge < -0.3 is 0 Å². The van der Waals surface area contributed by atoms with Crippen molar-refractivity contribution in [2.75, 3.05) is 6.26 Å². The molecule has 0 fully saturated rings. The number of rotatable bonds is 2. The Kier molecular flexibility index (Phi) is 5.51. The lowest BCUT2D eigenvalue weighted by molar-refractivity contribution is 0.602. The summed E-state index contributed by atoms with van der Waals surface area (Å²) in [4.78, 5) is -0.252. The van der Waals surface area contributed by atoms with E-state index in [1.54, 1.807) is 6.07 Å². The molecule has 0 amide bonds. The SMILES string of the molecule is CS(=O)(=O)c1c(Cl)c(Cl)c(Cl)c(Cl)c1-c1cc(Cl)ccc1Cl. The molecule has 0 saturated carbocycles. The largest absolute Gasteiger partial charge is 0.224 e. The van der Waals surface area contributed by atoms with Gasteiger partial charge in [0.15, 0.2) is 9.84 Å². The fraction of sp³-hybridized carbons (Fsp3) is 0.0769. The van der Waals surface area contributed by atoms with Gasteiger partial charge in [-0.1, -0.05) is 69.6 Å². The highest BCUT2D eigenvalue weighted by Crippen LogP contribution is 2.49. The summed E-state index contributed by atoms with van der Waals surface area (Å²) in [5, 5.41) is 0.0930. The third kappa shape index (κ3) is 3.32. The third-order valence-electron chi connectivity index (χ3n) is 2.79. The van der Waals surface area contributed by atoms with E-state index in [1.807, 2.05) is 0 Å². The lowest BCUT2D eigenvalue weighted by Crippen LogP contribution is -2.03. The first kappa shape index (κ1) is 18.5. The molecule has 0 N–H and O–H groups in total. The quantitative estimate of drug-likeness (QED) is 0.387. The van der Waals surface area contributed by atoms with Gasteiger partial charge in [-0.3, -0.25) is 0 Å². The molecule has 2 aromatic carbocycles. The van der Waals surface area contributed by atoms with Crippen LogP contribution < -0.4 is 0 Å². The summed E-state index contributed by atoms with van der Waals surface area (Å²) < 4.78 is 24.3. The van der Waals surface area contributed by atoms with Crippen molar-refractivity contribution in [3.63, 3.8) is 0 Å². The maximum Gasteiger partial charge on any atom is 0.177 e. The van der Waals surface area contributed by atoms with Gasteiger partial charge >= 0.3 is 0 Å². The van der Waals surface area contributed by atoms with Gasteiger partial charge in [0.1, 0.15) is 0 Å². The van der Waals surface area contributed by atoms with Gasteiger partial charge in [0.2, 0.25) is 0 Å². The summed E-state index contributed by atoms with van der Waals surface area (Å²) >= 11 is 36.3. The van der Waals surface area contributed by atoms with Gasteiger partial charge in [0, 0.05) is 27.4 Å². The molecule has 0 aromatic heterocycles. The first-order chi connectivity index (χ1) is 10.1. The van der Waals surface area contributed by atoms with E-state index in [4.69, 9.17) is 69.6 Å². The van der Waals surface area contributed by atoms with E-state index in [9.17, 15) is 8.42 Å². The molecular formula is C13H6Cl6O2S. The average molecular weight is 439 g/mol. The molecule has 0 heterocycles. The van der Waals surface area contributed by atoms with Gasteiger partial charge in [0.05, 0.1) is 25.0 Å². The Morgan fingerprint density at radius 3 is 1.91 bits per heavy atom. The predicted octanol–water partition coefficient (Wildman–Crippen LogP) is 6.68. The number of benzene rings is 2. The Morgan fingerprint density at radius 2 is 1.36 bits per heavy atom. The van der Waals surface area contributed by atoms with Crippen LogP contribution in [0, 0.1) is 0 Å². The molecule has 2 aromatic rings. The monoisotopic (exact) mass is 436 g/mol. The zero-order valence-corrected chi connectivity index (χ0v) is 16.1. The van der Waals surface area contributed by atoms with Gasteiger partial charge in [-0.2, -0.15) is 0 Å². The number of sulfone groups is 1. The standard InChI is InChI=1S/C13H6Cl6O2S/c1-22(20,21)13-8(6-4-5(14)2-3-7(6)15)9(16)10(17)11(18)12(13)19/h2-4H,1H3. The van der Waals surface area contributed by atoms with E-state index in [0.29, 0.717) is 10.6 Å². The third-order valence-corrected chi connectivity index (χ3v) is 6.42. The summed E-state index contributed by atoms with van der Waals surface area (Å²) in [5.41, 5.74) is 0.358. The summed E-state index contributed by atoms with van der Waals surface area (Å²) in [7, 11) is -3.76. The molecule has 0 unspecified atom stereocenters. The number of hydrogen-bond acceptors (Lipinski definition) is 2. The maximum absolute atomic E-state index is 12.1. The minimum absolute atomic E-state index is 0.0632. The molecule has 22 heavy (non-hydrogen) atoms. The maximum atomic E-state index is 12.1. The molecule has 2 nitrogen and oxygen atoms in total. The summed E-state index contributed by atoms with van der Waals surface area (Å²) in [6.07, 6.45) is 0.983. The molecule has 0 aliphatic rings. The second-order valence-electron chi connectivity index (χ2n) is 4.36. The molecule has 0 radical (unpaired) electrons.